The number of alkyl halides is 2. The summed E-state index contributed by atoms with van der Waals surface area (Å²) < 4.78 is 27.9. The van der Waals surface area contributed by atoms with Crippen LogP contribution >= 0.6 is 0 Å². The van der Waals surface area contributed by atoms with Gasteiger partial charge in [0, 0.05) is 12.1 Å². The Labute approximate surface area is 104 Å². The molecule has 98 valence electrons. The van der Waals surface area contributed by atoms with Crippen molar-refractivity contribution < 1.29 is 18.7 Å². The van der Waals surface area contributed by atoms with Crippen molar-refractivity contribution in [2.24, 2.45) is 5.92 Å². The molecule has 18 heavy (non-hydrogen) atoms. The van der Waals surface area contributed by atoms with E-state index in [0.29, 0.717) is 13.0 Å². The van der Waals surface area contributed by atoms with E-state index in [-0.39, 0.29) is 12.1 Å². The lowest BCUT2D eigenvalue weighted by Gasteiger charge is -2.23. The second kappa shape index (κ2) is 5.02. The highest BCUT2D eigenvalue weighted by molar-refractivity contribution is 5.70. The van der Waals surface area contributed by atoms with Gasteiger partial charge in [-0.15, -0.1) is 0 Å². The zero-order valence-corrected chi connectivity index (χ0v) is 9.85. The number of benzene rings is 1. The van der Waals surface area contributed by atoms with E-state index in [1.807, 2.05) is 0 Å². The molecule has 0 aromatic heterocycles. The van der Waals surface area contributed by atoms with Gasteiger partial charge in [0.15, 0.2) is 0 Å². The fraction of sp³-hybridized carbons (Fsp3) is 0.462. The van der Waals surface area contributed by atoms with Crippen LogP contribution in [0.15, 0.2) is 30.3 Å². The van der Waals surface area contributed by atoms with Gasteiger partial charge in [0.1, 0.15) is 0 Å². The summed E-state index contributed by atoms with van der Waals surface area (Å²) in [5, 5.41) is 8.83. The molecule has 1 heterocycles. The van der Waals surface area contributed by atoms with Gasteiger partial charge in [0.2, 0.25) is 0 Å². The minimum Gasteiger partial charge on any atom is -0.481 e. The van der Waals surface area contributed by atoms with Crippen molar-refractivity contribution in [2.45, 2.75) is 12.3 Å². The van der Waals surface area contributed by atoms with Crippen LogP contribution in [0.5, 0.6) is 0 Å². The smallest absolute Gasteiger partial charge is 0.307 e. The van der Waals surface area contributed by atoms with Crippen LogP contribution in [0.3, 0.4) is 0 Å². The van der Waals surface area contributed by atoms with Crippen molar-refractivity contribution in [2.75, 3.05) is 19.6 Å². The zero-order chi connectivity index (χ0) is 13.2. The van der Waals surface area contributed by atoms with Crippen LogP contribution in [0.25, 0.3) is 0 Å². The number of halogens is 2. The maximum Gasteiger partial charge on any atom is 0.307 e. The summed E-state index contributed by atoms with van der Waals surface area (Å²) in [7, 11) is 0. The first kappa shape index (κ1) is 13.0. The maximum atomic E-state index is 13.9. The van der Waals surface area contributed by atoms with Gasteiger partial charge in [-0.1, -0.05) is 30.3 Å². The standard InChI is InChI=1S/C13H15F2NO2/c14-13(15,11-4-2-1-3-5-11)9-16-7-6-10(8-16)12(17)18/h1-5,10H,6-9H2,(H,17,18). The van der Waals surface area contributed by atoms with Crippen LogP contribution in [0.1, 0.15) is 12.0 Å². The topological polar surface area (TPSA) is 40.5 Å². The van der Waals surface area contributed by atoms with E-state index in [1.54, 1.807) is 18.2 Å². The lowest BCUT2D eigenvalue weighted by Crippen LogP contribution is -2.34. The summed E-state index contributed by atoms with van der Waals surface area (Å²) in [5.41, 5.74) is -0.0243. The number of likely N-dealkylation sites (tertiary alicyclic amines) is 1. The van der Waals surface area contributed by atoms with E-state index in [2.05, 4.69) is 0 Å². The van der Waals surface area contributed by atoms with Gasteiger partial charge in [-0.25, -0.2) is 0 Å². The Bertz CT molecular complexity index is 422. The van der Waals surface area contributed by atoms with Gasteiger partial charge >= 0.3 is 5.97 Å². The number of carbonyl (C=O) groups is 1. The molecule has 1 N–H and O–H groups in total. The van der Waals surface area contributed by atoms with Crippen LogP contribution in [0, 0.1) is 5.92 Å². The van der Waals surface area contributed by atoms with E-state index in [0.717, 1.165) is 0 Å². The van der Waals surface area contributed by atoms with Crippen molar-refractivity contribution in [3.63, 3.8) is 0 Å². The Morgan fingerprint density at radius 3 is 2.61 bits per heavy atom. The van der Waals surface area contributed by atoms with E-state index in [9.17, 15) is 13.6 Å². The van der Waals surface area contributed by atoms with E-state index >= 15 is 0 Å². The molecule has 2 rings (SSSR count). The minimum atomic E-state index is -2.94. The van der Waals surface area contributed by atoms with Crippen LogP contribution in [0.2, 0.25) is 0 Å². The predicted molar refractivity (Wildman–Crippen MR) is 62.5 cm³/mol. The summed E-state index contributed by atoms with van der Waals surface area (Å²) in [5.74, 6) is -4.36. The van der Waals surface area contributed by atoms with Crippen molar-refractivity contribution in [3.8, 4) is 0 Å². The molecule has 0 aliphatic carbocycles. The Morgan fingerprint density at radius 1 is 1.39 bits per heavy atom. The SMILES string of the molecule is O=C(O)C1CCN(CC(F)(F)c2ccccc2)C1. The molecular formula is C13H15F2NO2. The summed E-state index contributed by atoms with van der Waals surface area (Å²) in [6.45, 7) is 0.206. The van der Waals surface area contributed by atoms with Gasteiger partial charge in [-0.3, -0.25) is 9.69 Å². The van der Waals surface area contributed by atoms with Gasteiger partial charge in [-0.05, 0) is 13.0 Å². The van der Waals surface area contributed by atoms with Crippen molar-refractivity contribution in [1.29, 1.82) is 0 Å². The molecule has 5 heteroatoms. The van der Waals surface area contributed by atoms with Gasteiger partial charge < -0.3 is 5.11 Å². The molecule has 0 spiro atoms. The molecule has 1 unspecified atom stereocenters. The number of carboxylic acids is 1. The summed E-state index contributed by atoms with van der Waals surface area (Å²) >= 11 is 0. The minimum absolute atomic E-state index is 0.0243. The molecule has 1 atom stereocenters. The molecule has 1 aromatic carbocycles. The highest BCUT2D eigenvalue weighted by Gasteiger charge is 2.37. The number of rotatable bonds is 4. The molecule has 1 aliphatic rings. The number of aliphatic carboxylic acids is 1. The molecular weight excluding hydrogens is 240 g/mol. The largest absolute Gasteiger partial charge is 0.481 e. The molecule has 0 saturated carbocycles. The highest BCUT2D eigenvalue weighted by atomic mass is 19.3. The lowest BCUT2D eigenvalue weighted by molar-refractivity contribution is -0.141. The second-order valence-corrected chi connectivity index (χ2v) is 4.63. The van der Waals surface area contributed by atoms with Crippen LogP contribution in [-0.4, -0.2) is 35.6 Å². The molecule has 1 aromatic rings. The first-order valence-corrected chi connectivity index (χ1v) is 5.87. The fourth-order valence-electron chi connectivity index (χ4n) is 2.23. The summed E-state index contributed by atoms with van der Waals surface area (Å²) in [4.78, 5) is 12.3. The van der Waals surface area contributed by atoms with Gasteiger partial charge in [0.05, 0.1) is 12.5 Å². The Hall–Kier alpha value is -1.49. The number of carboxylic acid groups (broad SMARTS) is 1. The first-order valence-electron chi connectivity index (χ1n) is 5.87. The molecule has 1 saturated heterocycles. The molecule has 1 fully saturated rings. The number of hydrogen-bond acceptors (Lipinski definition) is 2. The normalized spacial score (nSPS) is 21.1. The van der Waals surface area contributed by atoms with Crippen LogP contribution < -0.4 is 0 Å². The highest BCUT2D eigenvalue weighted by Crippen LogP contribution is 2.30. The predicted octanol–water partition coefficient (Wildman–Crippen LogP) is 2.18. The van der Waals surface area contributed by atoms with E-state index < -0.39 is 24.4 Å². The molecule has 1 aliphatic heterocycles. The van der Waals surface area contributed by atoms with Crippen molar-refractivity contribution >= 4 is 5.97 Å². The van der Waals surface area contributed by atoms with E-state index in [1.165, 1.54) is 17.0 Å². The van der Waals surface area contributed by atoms with Gasteiger partial charge in [-0.2, -0.15) is 8.78 Å². The van der Waals surface area contributed by atoms with Crippen molar-refractivity contribution in [3.05, 3.63) is 35.9 Å². The third-order valence-electron chi connectivity index (χ3n) is 3.24. The quantitative estimate of drug-likeness (QED) is 0.896. The first-order chi connectivity index (χ1) is 8.49. The Kier molecular flexibility index (Phi) is 3.61. The van der Waals surface area contributed by atoms with Crippen molar-refractivity contribution in [1.82, 2.24) is 4.90 Å². The third-order valence-corrected chi connectivity index (χ3v) is 3.24. The molecule has 3 nitrogen and oxygen atoms in total. The van der Waals surface area contributed by atoms with Gasteiger partial charge in [0.25, 0.3) is 5.92 Å². The average molecular weight is 255 g/mol. The second-order valence-electron chi connectivity index (χ2n) is 4.63. The average Bonchev–Trinajstić information content (AvgIpc) is 2.78. The van der Waals surface area contributed by atoms with E-state index in [4.69, 9.17) is 5.11 Å². The summed E-state index contributed by atoms with van der Waals surface area (Å²) in [6.07, 6.45) is 0.445. The molecule has 0 amide bonds. The lowest BCUT2D eigenvalue weighted by atomic mass is 10.1. The zero-order valence-electron chi connectivity index (χ0n) is 9.85. The molecule has 0 radical (unpaired) electrons. The van der Waals surface area contributed by atoms with Crippen LogP contribution in [0.4, 0.5) is 8.78 Å². The number of hydrogen-bond donors (Lipinski definition) is 1. The maximum absolute atomic E-state index is 13.9. The fourth-order valence-corrected chi connectivity index (χ4v) is 2.23. The Morgan fingerprint density at radius 2 is 2.06 bits per heavy atom. The number of nitrogens with zero attached hydrogens (tertiary/aromatic N) is 1. The monoisotopic (exact) mass is 255 g/mol. The summed E-state index contributed by atoms with van der Waals surface area (Å²) in [6, 6.07) is 7.63. The Balaban J connectivity index is 2.00. The van der Waals surface area contributed by atoms with Crippen LogP contribution in [-0.2, 0) is 10.7 Å². The third kappa shape index (κ3) is 2.85. The molecule has 0 bridgehead atoms.